The Hall–Kier alpha value is -1.89. The lowest BCUT2D eigenvalue weighted by molar-refractivity contribution is 0.0845. The van der Waals surface area contributed by atoms with Crippen LogP contribution in [0.3, 0.4) is 0 Å². The number of nitrogens with zero attached hydrogens (tertiary/aromatic N) is 1. The molecule has 1 amide bonds. The zero-order valence-corrected chi connectivity index (χ0v) is 16.5. The van der Waals surface area contributed by atoms with Crippen molar-refractivity contribution in [3.8, 4) is 0 Å². The van der Waals surface area contributed by atoms with Crippen molar-refractivity contribution in [2.75, 3.05) is 31.5 Å². The highest BCUT2D eigenvalue weighted by atomic mass is 32.1. The largest absolute Gasteiger partial charge is 0.390 e. The van der Waals surface area contributed by atoms with Crippen LogP contribution < -0.4 is 10.6 Å². The molecule has 1 aromatic carbocycles. The molecule has 6 heteroatoms. The van der Waals surface area contributed by atoms with Gasteiger partial charge in [-0.05, 0) is 36.0 Å². The second-order valence-electron chi connectivity index (χ2n) is 7.76. The summed E-state index contributed by atoms with van der Waals surface area (Å²) in [4.78, 5) is 16.7. The predicted octanol–water partition coefficient (Wildman–Crippen LogP) is 2.50. The van der Waals surface area contributed by atoms with Crippen LogP contribution in [0, 0.1) is 5.92 Å². The van der Waals surface area contributed by atoms with Gasteiger partial charge in [-0.2, -0.15) is 0 Å². The molecular weight excluding hydrogens is 358 g/mol. The fourth-order valence-electron chi connectivity index (χ4n) is 3.88. The van der Waals surface area contributed by atoms with Crippen molar-refractivity contribution in [1.82, 2.24) is 10.2 Å². The van der Waals surface area contributed by atoms with Crippen molar-refractivity contribution in [2.24, 2.45) is 5.92 Å². The Morgan fingerprint density at radius 2 is 2.22 bits per heavy atom. The van der Waals surface area contributed by atoms with E-state index < -0.39 is 6.10 Å². The topological polar surface area (TPSA) is 64.6 Å². The molecular formula is C21H27N3O2S. The van der Waals surface area contributed by atoms with Gasteiger partial charge in [-0.3, -0.25) is 9.69 Å². The first-order valence-corrected chi connectivity index (χ1v) is 10.5. The number of carbonyl (C=O) groups is 1. The molecule has 1 aromatic heterocycles. The standard InChI is InChI=1S/C21H27N3O2S/c1-14-8-19-18(22-10-14)9-20(27-19)21(26)23-11-17(25)13-24-7-6-15-4-2-3-5-16(15)12-24/h2-5,9,14,17,22,25H,6-8,10-13H2,1H3,(H,23,26). The van der Waals surface area contributed by atoms with E-state index in [0.29, 0.717) is 12.5 Å². The minimum Gasteiger partial charge on any atom is -0.390 e. The lowest BCUT2D eigenvalue weighted by Crippen LogP contribution is -2.41. The minimum atomic E-state index is -0.563. The van der Waals surface area contributed by atoms with Crippen LogP contribution in [-0.2, 0) is 19.4 Å². The maximum atomic E-state index is 12.5. The summed E-state index contributed by atoms with van der Waals surface area (Å²) in [6.07, 6.45) is 1.48. The first kappa shape index (κ1) is 18.5. The number of rotatable bonds is 5. The fraction of sp³-hybridized carbons (Fsp3) is 0.476. The maximum absolute atomic E-state index is 12.5. The molecule has 144 valence electrons. The average molecular weight is 386 g/mol. The second kappa shape index (κ2) is 8.00. The zero-order chi connectivity index (χ0) is 18.8. The number of aliphatic hydroxyl groups is 1. The van der Waals surface area contributed by atoms with E-state index >= 15 is 0 Å². The van der Waals surface area contributed by atoms with E-state index in [2.05, 4.69) is 46.7 Å². The lowest BCUT2D eigenvalue weighted by atomic mass is 10.00. The molecule has 3 N–H and O–H groups in total. The van der Waals surface area contributed by atoms with Crippen LogP contribution in [0.1, 0.15) is 32.6 Å². The van der Waals surface area contributed by atoms with E-state index in [-0.39, 0.29) is 12.5 Å². The van der Waals surface area contributed by atoms with Crippen LogP contribution in [0.15, 0.2) is 30.3 Å². The molecule has 0 aliphatic carbocycles. The Bertz CT molecular complexity index is 820. The average Bonchev–Trinajstić information content (AvgIpc) is 3.09. The summed E-state index contributed by atoms with van der Waals surface area (Å²) in [6.45, 7) is 5.84. The molecule has 3 heterocycles. The normalized spacial score (nSPS) is 20.3. The second-order valence-corrected chi connectivity index (χ2v) is 8.89. The summed E-state index contributed by atoms with van der Waals surface area (Å²) in [5, 5.41) is 16.7. The van der Waals surface area contributed by atoms with Crippen LogP contribution >= 0.6 is 11.3 Å². The third-order valence-electron chi connectivity index (χ3n) is 5.38. The fourth-order valence-corrected chi connectivity index (χ4v) is 5.10. The van der Waals surface area contributed by atoms with Crippen LogP contribution in [0.25, 0.3) is 0 Å². The number of hydrogen-bond acceptors (Lipinski definition) is 5. The van der Waals surface area contributed by atoms with Gasteiger partial charge in [0.25, 0.3) is 5.91 Å². The smallest absolute Gasteiger partial charge is 0.261 e. The Morgan fingerprint density at radius 3 is 3.07 bits per heavy atom. The Labute approximate surface area is 164 Å². The first-order valence-electron chi connectivity index (χ1n) is 9.70. The summed E-state index contributed by atoms with van der Waals surface area (Å²) < 4.78 is 0. The van der Waals surface area contributed by atoms with Gasteiger partial charge in [0.15, 0.2) is 0 Å². The van der Waals surface area contributed by atoms with Crippen molar-refractivity contribution in [1.29, 1.82) is 0 Å². The van der Waals surface area contributed by atoms with Crippen LogP contribution in [-0.4, -0.2) is 48.2 Å². The molecule has 5 nitrogen and oxygen atoms in total. The molecule has 0 fully saturated rings. The highest BCUT2D eigenvalue weighted by Crippen LogP contribution is 2.32. The number of amides is 1. The predicted molar refractivity (Wildman–Crippen MR) is 109 cm³/mol. The molecule has 0 saturated carbocycles. The SMILES string of the molecule is CC1CNc2cc(C(=O)NCC(O)CN3CCc4ccccc4C3)sc2C1. The number of hydrogen-bond donors (Lipinski definition) is 3. The first-order chi connectivity index (χ1) is 13.1. The third-order valence-corrected chi connectivity index (χ3v) is 6.54. The number of anilines is 1. The van der Waals surface area contributed by atoms with Gasteiger partial charge in [0.05, 0.1) is 11.0 Å². The Morgan fingerprint density at radius 1 is 1.41 bits per heavy atom. The molecule has 2 aliphatic rings. The van der Waals surface area contributed by atoms with E-state index in [4.69, 9.17) is 0 Å². The zero-order valence-electron chi connectivity index (χ0n) is 15.7. The summed E-state index contributed by atoms with van der Waals surface area (Å²) >= 11 is 1.56. The number of thiophene rings is 1. The van der Waals surface area contributed by atoms with Crippen molar-refractivity contribution >= 4 is 22.9 Å². The van der Waals surface area contributed by atoms with E-state index in [1.807, 2.05) is 6.07 Å². The number of benzene rings is 1. The van der Waals surface area contributed by atoms with Gasteiger partial charge in [-0.1, -0.05) is 31.2 Å². The molecule has 2 unspecified atom stereocenters. The quantitative estimate of drug-likeness (QED) is 0.740. The van der Waals surface area contributed by atoms with E-state index in [0.717, 1.165) is 43.0 Å². The molecule has 0 bridgehead atoms. The van der Waals surface area contributed by atoms with Crippen molar-refractivity contribution in [3.05, 3.63) is 51.2 Å². The highest BCUT2D eigenvalue weighted by Gasteiger charge is 2.22. The molecule has 0 radical (unpaired) electrons. The number of nitrogens with one attached hydrogen (secondary N) is 2. The van der Waals surface area contributed by atoms with E-state index in [9.17, 15) is 9.90 Å². The van der Waals surface area contributed by atoms with Gasteiger partial charge in [-0.25, -0.2) is 0 Å². The van der Waals surface area contributed by atoms with Crippen LogP contribution in [0.4, 0.5) is 5.69 Å². The summed E-state index contributed by atoms with van der Waals surface area (Å²) in [5.74, 6) is 0.510. The van der Waals surface area contributed by atoms with Gasteiger partial charge in [0.1, 0.15) is 0 Å². The van der Waals surface area contributed by atoms with Crippen molar-refractivity contribution < 1.29 is 9.90 Å². The lowest BCUT2D eigenvalue weighted by Gasteiger charge is -2.30. The number of fused-ring (bicyclic) bond motifs is 2. The maximum Gasteiger partial charge on any atom is 0.261 e. The molecule has 2 aliphatic heterocycles. The molecule has 4 rings (SSSR count). The number of β-amino-alcohol motifs (C(OH)–C–C–N with tert-alkyl or cyclic N) is 1. The Kier molecular flexibility index (Phi) is 5.48. The summed E-state index contributed by atoms with van der Waals surface area (Å²) in [6, 6.07) is 10.4. The van der Waals surface area contributed by atoms with Crippen LogP contribution in [0.2, 0.25) is 0 Å². The summed E-state index contributed by atoms with van der Waals surface area (Å²) in [5.41, 5.74) is 3.84. The number of carbonyl (C=O) groups excluding carboxylic acids is 1. The number of aliphatic hydroxyl groups excluding tert-OH is 1. The third kappa shape index (κ3) is 4.34. The van der Waals surface area contributed by atoms with Gasteiger partial charge in [-0.15, -0.1) is 11.3 Å². The van der Waals surface area contributed by atoms with Crippen molar-refractivity contribution in [3.63, 3.8) is 0 Å². The van der Waals surface area contributed by atoms with Gasteiger partial charge in [0, 0.05) is 43.3 Å². The van der Waals surface area contributed by atoms with Gasteiger partial charge in [0.2, 0.25) is 0 Å². The van der Waals surface area contributed by atoms with E-state index in [1.165, 1.54) is 16.0 Å². The van der Waals surface area contributed by atoms with Crippen molar-refractivity contribution in [2.45, 2.75) is 32.4 Å². The molecule has 2 aromatic rings. The van der Waals surface area contributed by atoms with Crippen LogP contribution in [0.5, 0.6) is 0 Å². The van der Waals surface area contributed by atoms with Gasteiger partial charge < -0.3 is 15.7 Å². The highest BCUT2D eigenvalue weighted by molar-refractivity contribution is 7.14. The minimum absolute atomic E-state index is 0.0908. The molecule has 2 atom stereocenters. The molecule has 0 saturated heterocycles. The molecule has 0 spiro atoms. The van der Waals surface area contributed by atoms with Gasteiger partial charge >= 0.3 is 0 Å². The summed E-state index contributed by atoms with van der Waals surface area (Å²) in [7, 11) is 0. The monoisotopic (exact) mass is 385 g/mol. The molecule has 27 heavy (non-hydrogen) atoms. The van der Waals surface area contributed by atoms with E-state index in [1.54, 1.807) is 11.3 Å². The Balaban J connectivity index is 1.27.